The lowest BCUT2D eigenvalue weighted by molar-refractivity contribution is 1.28. The molecule has 0 aliphatic heterocycles. The van der Waals surface area contributed by atoms with E-state index in [0.717, 1.165) is 17.1 Å². The molecule has 0 bridgehead atoms. The van der Waals surface area contributed by atoms with Crippen LogP contribution in [-0.2, 0) is 0 Å². The molecule has 0 aliphatic rings. The molecule has 0 amide bonds. The molecule has 0 saturated heterocycles. The fraction of sp³-hybridized carbons (Fsp3) is 0. The first kappa shape index (κ1) is 32.4. The van der Waals surface area contributed by atoms with Crippen LogP contribution in [0.3, 0.4) is 0 Å². The summed E-state index contributed by atoms with van der Waals surface area (Å²) < 4.78 is 0. The van der Waals surface area contributed by atoms with Crippen molar-refractivity contribution in [1.82, 2.24) is 0 Å². The van der Waals surface area contributed by atoms with Crippen molar-refractivity contribution in [3.63, 3.8) is 0 Å². The highest BCUT2D eigenvalue weighted by Gasteiger charge is 2.16. The highest BCUT2D eigenvalue weighted by molar-refractivity contribution is 6.08. The summed E-state index contributed by atoms with van der Waals surface area (Å²) in [5.74, 6) is 0. The largest absolute Gasteiger partial charge is 0.311 e. The fourth-order valence-corrected chi connectivity index (χ4v) is 8.09. The van der Waals surface area contributed by atoms with E-state index in [1.54, 1.807) is 0 Å². The van der Waals surface area contributed by atoms with Gasteiger partial charge in [-0.2, -0.15) is 0 Å². The minimum atomic E-state index is 1.10. The number of anilines is 3. The molecular weight excluding hydrogens is 663 g/mol. The number of nitrogens with zero attached hydrogens (tertiary/aromatic N) is 1. The van der Waals surface area contributed by atoms with Crippen molar-refractivity contribution in [2.75, 3.05) is 4.90 Å². The average Bonchev–Trinajstić information content (AvgIpc) is 3.27. The van der Waals surface area contributed by atoms with Gasteiger partial charge in [-0.1, -0.05) is 182 Å². The monoisotopic (exact) mass is 699 g/mol. The van der Waals surface area contributed by atoms with E-state index in [0.29, 0.717) is 0 Å². The van der Waals surface area contributed by atoms with E-state index >= 15 is 0 Å². The van der Waals surface area contributed by atoms with E-state index < -0.39 is 0 Å². The van der Waals surface area contributed by atoms with Gasteiger partial charge in [-0.3, -0.25) is 0 Å². The molecule has 0 N–H and O–H groups in total. The van der Waals surface area contributed by atoms with Gasteiger partial charge in [-0.25, -0.2) is 0 Å². The van der Waals surface area contributed by atoms with Gasteiger partial charge in [-0.15, -0.1) is 0 Å². The molecule has 0 aliphatic carbocycles. The summed E-state index contributed by atoms with van der Waals surface area (Å²) in [6, 6.07) is 81.4. The van der Waals surface area contributed by atoms with Crippen molar-refractivity contribution in [3.8, 4) is 44.5 Å². The molecule has 0 unspecified atom stereocenters. The van der Waals surface area contributed by atoms with Crippen LogP contribution in [0.15, 0.2) is 224 Å². The van der Waals surface area contributed by atoms with Crippen molar-refractivity contribution in [3.05, 3.63) is 224 Å². The van der Waals surface area contributed by atoms with E-state index in [1.807, 2.05) is 0 Å². The Hall–Kier alpha value is -7.22. The second kappa shape index (κ2) is 14.0. The number of hydrogen-bond acceptors (Lipinski definition) is 1. The number of benzene rings is 10. The molecule has 1 heteroatoms. The van der Waals surface area contributed by atoms with Crippen molar-refractivity contribution >= 4 is 49.4 Å². The maximum atomic E-state index is 2.35. The highest BCUT2D eigenvalue weighted by atomic mass is 15.1. The number of hydrogen-bond donors (Lipinski definition) is 0. The molecule has 55 heavy (non-hydrogen) atoms. The van der Waals surface area contributed by atoms with Gasteiger partial charge >= 0.3 is 0 Å². The van der Waals surface area contributed by atoms with Crippen molar-refractivity contribution in [1.29, 1.82) is 0 Å². The average molecular weight is 700 g/mol. The molecule has 0 radical (unpaired) electrons. The SMILES string of the molecule is c1ccc(-c2ccc(N(c3ccc(-c4ccc5c(ccc6ccccc65)c4)cc3)c3ccc(-c4ccc5ccccc5c4-c4ccccc4)cc3)cc2)cc1. The third-order valence-electron chi connectivity index (χ3n) is 10.9. The Kier molecular flexibility index (Phi) is 8.24. The second-order valence-corrected chi connectivity index (χ2v) is 14.1. The van der Waals surface area contributed by atoms with Crippen LogP contribution in [0.5, 0.6) is 0 Å². The van der Waals surface area contributed by atoms with Crippen LogP contribution in [0.1, 0.15) is 0 Å². The van der Waals surface area contributed by atoms with Gasteiger partial charge in [0.05, 0.1) is 0 Å². The van der Waals surface area contributed by atoms with Crippen LogP contribution >= 0.6 is 0 Å². The minimum absolute atomic E-state index is 1.10. The van der Waals surface area contributed by atoms with Gasteiger partial charge < -0.3 is 4.90 Å². The Morgan fingerprint density at radius 2 is 0.655 bits per heavy atom. The van der Waals surface area contributed by atoms with Gasteiger partial charge in [0.2, 0.25) is 0 Å². The number of rotatable bonds is 7. The maximum absolute atomic E-state index is 2.35. The summed E-state index contributed by atoms with van der Waals surface area (Å²) in [5.41, 5.74) is 13.0. The molecule has 0 heterocycles. The molecule has 0 spiro atoms. The minimum Gasteiger partial charge on any atom is -0.311 e. The zero-order valence-electron chi connectivity index (χ0n) is 30.3. The van der Waals surface area contributed by atoms with E-state index in [9.17, 15) is 0 Å². The summed E-state index contributed by atoms with van der Waals surface area (Å²) in [5, 5.41) is 7.60. The Balaban J connectivity index is 1.04. The first-order valence-electron chi connectivity index (χ1n) is 18.9. The first-order valence-corrected chi connectivity index (χ1v) is 18.9. The Morgan fingerprint density at radius 3 is 1.29 bits per heavy atom. The van der Waals surface area contributed by atoms with Crippen LogP contribution in [0.4, 0.5) is 17.1 Å². The van der Waals surface area contributed by atoms with Crippen LogP contribution < -0.4 is 4.90 Å². The van der Waals surface area contributed by atoms with E-state index in [1.165, 1.54) is 76.8 Å². The lowest BCUT2D eigenvalue weighted by Gasteiger charge is -2.26. The van der Waals surface area contributed by atoms with E-state index in [-0.39, 0.29) is 0 Å². The highest BCUT2D eigenvalue weighted by Crippen LogP contribution is 2.41. The van der Waals surface area contributed by atoms with Crippen LogP contribution in [0, 0.1) is 0 Å². The van der Waals surface area contributed by atoms with Gasteiger partial charge in [0, 0.05) is 17.1 Å². The second-order valence-electron chi connectivity index (χ2n) is 14.1. The van der Waals surface area contributed by atoms with Crippen molar-refractivity contribution < 1.29 is 0 Å². The van der Waals surface area contributed by atoms with Gasteiger partial charge in [0.15, 0.2) is 0 Å². The summed E-state index contributed by atoms with van der Waals surface area (Å²) in [7, 11) is 0. The van der Waals surface area contributed by atoms with Gasteiger partial charge in [0.1, 0.15) is 0 Å². The Bertz CT molecular complexity index is 2930. The van der Waals surface area contributed by atoms with Gasteiger partial charge in [-0.05, 0) is 119 Å². The maximum Gasteiger partial charge on any atom is 0.0462 e. The molecule has 0 atom stereocenters. The normalized spacial score (nSPS) is 11.3. The third-order valence-corrected chi connectivity index (χ3v) is 10.9. The van der Waals surface area contributed by atoms with Crippen LogP contribution in [-0.4, -0.2) is 0 Å². The quantitative estimate of drug-likeness (QED) is 0.150. The smallest absolute Gasteiger partial charge is 0.0462 e. The van der Waals surface area contributed by atoms with E-state index in [4.69, 9.17) is 0 Å². The zero-order valence-corrected chi connectivity index (χ0v) is 30.3. The summed E-state index contributed by atoms with van der Waals surface area (Å²) in [4.78, 5) is 2.35. The number of fused-ring (bicyclic) bond motifs is 4. The fourth-order valence-electron chi connectivity index (χ4n) is 8.09. The molecule has 0 fully saturated rings. The van der Waals surface area contributed by atoms with E-state index in [2.05, 4.69) is 229 Å². The predicted octanol–water partition coefficient (Wildman–Crippen LogP) is 15.3. The topological polar surface area (TPSA) is 3.24 Å². The molecule has 258 valence electrons. The van der Waals surface area contributed by atoms with Crippen LogP contribution in [0.2, 0.25) is 0 Å². The predicted molar refractivity (Wildman–Crippen MR) is 235 cm³/mol. The molecule has 10 aromatic rings. The van der Waals surface area contributed by atoms with Gasteiger partial charge in [0.25, 0.3) is 0 Å². The van der Waals surface area contributed by atoms with Crippen LogP contribution in [0.25, 0.3) is 76.8 Å². The standard InChI is InChI=1S/C54H37N/c1-3-11-38(12-4-1)39-21-29-47(30-22-39)55(48-31-23-40(24-32-48)45-28-35-51-46(37-45)20-19-41-13-7-9-17-50(41)51)49-33-25-43(26-34-49)53-36-27-42-14-8-10-18-52(42)54(53)44-15-5-2-6-16-44/h1-37H. The molecule has 0 aromatic heterocycles. The Morgan fingerprint density at radius 1 is 0.236 bits per heavy atom. The zero-order chi connectivity index (χ0) is 36.6. The summed E-state index contributed by atoms with van der Waals surface area (Å²) in [6.45, 7) is 0. The molecule has 0 saturated carbocycles. The molecule has 10 aromatic carbocycles. The van der Waals surface area contributed by atoms with Crippen molar-refractivity contribution in [2.45, 2.75) is 0 Å². The Labute approximate surface area is 322 Å². The lowest BCUT2D eigenvalue weighted by Crippen LogP contribution is -2.09. The third kappa shape index (κ3) is 6.12. The lowest BCUT2D eigenvalue weighted by atomic mass is 9.90. The first-order chi connectivity index (χ1) is 27.3. The molecule has 1 nitrogen and oxygen atoms in total. The summed E-state index contributed by atoms with van der Waals surface area (Å²) in [6.07, 6.45) is 0. The van der Waals surface area contributed by atoms with Crippen molar-refractivity contribution in [2.24, 2.45) is 0 Å². The molecular formula is C54H37N. The molecule has 10 rings (SSSR count). The summed E-state index contributed by atoms with van der Waals surface area (Å²) >= 11 is 0.